The van der Waals surface area contributed by atoms with E-state index >= 15 is 0 Å². The number of nitrogens with one attached hydrogen (secondary N) is 2. The molecule has 0 aliphatic rings. The standard InChI is InChI=1S/C10H22N2O2/c1-4-11-6-5-10(14)12-9(3)8(2)7-13/h8-9,11,13H,4-7H2,1-3H3,(H,12,14). The highest BCUT2D eigenvalue weighted by Gasteiger charge is 2.12. The van der Waals surface area contributed by atoms with Crippen LogP contribution in [0.25, 0.3) is 0 Å². The quantitative estimate of drug-likeness (QED) is 0.514. The van der Waals surface area contributed by atoms with Crippen LogP contribution in [0.5, 0.6) is 0 Å². The summed E-state index contributed by atoms with van der Waals surface area (Å²) in [5, 5.41) is 14.8. The average molecular weight is 202 g/mol. The molecule has 0 aromatic carbocycles. The normalized spacial score (nSPS) is 14.9. The average Bonchev–Trinajstić information content (AvgIpc) is 2.16. The highest BCUT2D eigenvalue weighted by Crippen LogP contribution is 2.00. The largest absolute Gasteiger partial charge is 0.396 e. The summed E-state index contributed by atoms with van der Waals surface area (Å²) in [6.45, 7) is 7.53. The summed E-state index contributed by atoms with van der Waals surface area (Å²) in [5.41, 5.74) is 0. The van der Waals surface area contributed by atoms with Crippen molar-refractivity contribution < 1.29 is 9.90 Å². The van der Waals surface area contributed by atoms with E-state index in [-0.39, 0.29) is 24.5 Å². The summed E-state index contributed by atoms with van der Waals surface area (Å²) in [5.74, 6) is 0.150. The van der Waals surface area contributed by atoms with Crippen molar-refractivity contribution in [3.05, 3.63) is 0 Å². The topological polar surface area (TPSA) is 61.4 Å². The van der Waals surface area contributed by atoms with Crippen molar-refractivity contribution in [1.29, 1.82) is 0 Å². The van der Waals surface area contributed by atoms with Crippen LogP contribution in [0.2, 0.25) is 0 Å². The van der Waals surface area contributed by atoms with Crippen LogP contribution >= 0.6 is 0 Å². The van der Waals surface area contributed by atoms with Gasteiger partial charge in [-0.3, -0.25) is 4.79 Å². The van der Waals surface area contributed by atoms with Crippen molar-refractivity contribution in [2.75, 3.05) is 19.7 Å². The molecule has 0 bridgehead atoms. The van der Waals surface area contributed by atoms with Crippen LogP contribution in [0, 0.1) is 5.92 Å². The predicted octanol–water partition coefficient (Wildman–Crippen LogP) is 0.119. The number of hydrogen-bond donors (Lipinski definition) is 3. The summed E-state index contributed by atoms with van der Waals surface area (Å²) in [6.07, 6.45) is 0.496. The SMILES string of the molecule is CCNCCC(=O)NC(C)C(C)CO. The number of carbonyl (C=O) groups excluding carboxylic acids is 1. The molecule has 1 amide bonds. The highest BCUT2D eigenvalue weighted by atomic mass is 16.3. The van der Waals surface area contributed by atoms with Gasteiger partial charge in [-0.05, 0) is 19.4 Å². The fraction of sp³-hybridized carbons (Fsp3) is 0.900. The summed E-state index contributed by atoms with van der Waals surface area (Å²) < 4.78 is 0. The molecule has 2 unspecified atom stereocenters. The zero-order chi connectivity index (χ0) is 11.0. The van der Waals surface area contributed by atoms with Crippen LogP contribution in [-0.4, -0.2) is 36.8 Å². The number of aliphatic hydroxyl groups excluding tert-OH is 1. The third kappa shape index (κ3) is 5.94. The summed E-state index contributed by atoms with van der Waals surface area (Å²) in [7, 11) is 0. The van der Waals surface area contributed by atoms with Crippen LogP contribution in [0.3, 0.4) is 0 Å². The van der Waals surface area contributed by atoms with Crippen molar-refractivity contribution in [1.82, 2.24) is 10.6 Å². The molecule has 0 heterocycles. The van der Waals surface area contributed by atoms with E-state index in [0.717, 1.165) is 6.54 Å². The first kappa shape index (κ1) is 13.4. The fourth-order valence-electron chi connectivity index (χ4n) is 1.01. The Kier molecular flexibility index (Phi) is 7.42. The van der Waals surface area contributed by atoms with Crippen molar-refractivity contribution in [3.63, 3.8) is 0 Å². The lowest BCUT2D eigenvalue weighted by Crippen LogP contribution is -2.39. The zero-order valence-corrected chi connectivity index (χ0v) is 9.34. The van der Waals surface area contributed by atoms with Crippen LogP contribution in [0.15, 0.2) is 0 Å². The number of carbonyl (C=O) groups is 1. The molecule has 0 aliphatic heterocycles. The molecule has 0 aromatic rings. The molecule has 0 saturated carbocycles. The van der Waals surface area contributed by atoms with Crippen molar-refractivity contribution in [3.8, 4) is 0 Å². The first-order chi connectivity index (χ1) is 6.61. The Morgan fingerprint density at radius 3 is 2.57 bits per heavy atom. The number of aliphatic hydroxyl groups is 1. The van der Waals surface area contributed by atoms with E-state index in [4.69, 9.17) is 5.11 Å². The third-order valence-corrected chi connectivity index (χ3v) is 2.31. The Labute approximate surface area is 86.1 Å². The van der Waals surface area contributed by atoms with Gasteiger partial charge < -0.3 is 15.7 Å². The van der Waals surface area contributed by atoms with Gasteiger partial charge in [0.2, 0.25) is 5.91 Å². The lowest BCUT2D eigenvalue weighted by Gasteiger charge is -2.19. The maximum atomic E-state index is 11.3. The lowest BCUT2D eigenvalue weighted by molar-refractivity contribution is -0.122. The Balaban J connectivity index is 3.60. The second kappa shape index (κ2) is 7.76. The molecule has 0 spiro atoms. The van der Waals surface area contributed by atoms with Gasteiger partial charge in [0.05, 0.1) is 0 Å². The molecule has 0 aliphatic carbocycles. The molecule has 4 nitrogen and oxygen atoms in total. The van der Waals surface area contributed by atoms with Crippen molar-refractivity contribution in [2.24, 2.45) is 5.92 Å². The molecule has 0 aromatic heterocycles. The molecule has 2 atom stereocenters. The van der Waals surface area contributed by atoms with Crippen LogP contribution in [0.1, 0.15) is 27.2 Å². The molecule has 84 valence electrons. The molecule has 0 rings (SSSR count). The summed E-state index contributed by atoms with van der Waals surface area (Å²) in [4.78, 5) is 11.3. The van der Waals surface area contributed by atoms with E-state index < -0.39 is 0 Å². The van der Waals surface area contributed by atoms with Gasteiger partial charge in [-0.25, -0.2) is 0 Å². The van der Waals surface area contributed by atoms with Gasteiger partial charge in [0.25, 0.3) is 0 Å². The minimum atomic E-state index is 0.0362. The number of hydrogen-bond acceptors (Lipinski definition) is 3. The molecule has 3 N–H and O–H groups in total. The smallest absolute Gasteiger partial charge is 0.221 e. The maximum Gasteiger partial charge on any atom is 0.221 e. The predicted molar refractivity (Wildman–Crippen MR) is 57.0 cm³/mol. The van der Waals surface area contributed by atoms with E-state index in [0.29, 0.717) is 13.0 Å². The molecular formula is C10H22N2O2. The molecule has 0 radical (unpaired) electrons. The van der Waals surface area contributed by atoms with Gasteiger partial charge >= 0.3 is 0 Å². The van der Waals surface area contributed by atoms with E-state index in [1.54, 1.807) is 0 Å². The van der Waals surface area contributed by atoms with Crippen molar-refractivity contribution >= 4 is 5.91 Å². The van der Waals surface area contributed by atoms with E-state index in [2.05, 4.69) is 10.6 Å². The second-order valence-corrected chi connectivity index (χ2v) is 3.62. The number of rotatable bonds is 7. The Morgan fingerprint density at radius 1 is 1.43 bits per heavy atom. The van der Waals surface area contributed by atoms with Gasteiger partial charge in [0, 0.05) is 25.6 Å². The minimum Gasteiger partial charge on any atom is -0.396 e. The highest BCUT2D eigenvalue weighted by molar-refractivity contribution is 5.76. The van der Waals surface area contributed by atoms with E-state index in [1.165, 1.54) is 0 Å². The monoisotopic (exact) mass is 202 g/mol. The van der Waals surface area contributed by atoms with Gasteiger partial charge in [0.1, 0.15) is 0 Å². The van der Waals surface area contributed by atoms with Crippen LogP contribution in [-0.2, 0) is 4.79 Å². The Morgan fingerprint density at radius 2 is 2.07 bits per heavy atom. The number of amides is 1. The Hall–Kier alpha value is -0.610. The zero-order valence-electron chi connectivity index (χ0n) is 9.34. The molecular weight excluding hydrogens is 180 g/mol. The van der Waals surface area contributed by atoms with Crippen molar-refractivity contribution in [2.45, 2.75) is 33.2 Å². The van der Waals surface area contributed by atoms with Gasteiger partial charge in [-0.15, -0.1) is 0 Å². The molecule has 0 fully saturated rings. The minimum absolute atomic E-state index is 0.0362. The first-order valence-electron chi connectivity index (χ1n) is 5.22. The third-order valence-electron chi connectivity index (χ3n) is 2.31. The first-order valence-corrected chi connectivity index (χ1v) is 5.22. The summed E-state index contributed by atoms with van der Waals surface area (Å²) in [6, 6.07) is 0.0362. The van der Waals surface area contributed by atoms with Gasteiger partial charge in [-0.2, -0.15) is 0 Å². The second-order valence-electron chi connectivity index (χ2n) is 3.62. The molecule has 0 saturated heterocycles. The van der Waals surface area contributed by atoms with Gasteiger partial charge in [0.15, 0.2) is 0 Å². The van der Waals surface area contributed by atoms with Gasteiger partial charge in [-0.1, -0.05) is 13.8 Å². The molecule has 14 heavy (non-hydrogen) atoms. The van der Waals surface area contributed by atoms with E-state index in [9.17, 15) is 4.79 Å². The van der Waals surface area contributed by atoms with E-state index in [1.807, 2.05) is 20.8 Å². The maximum absolute atomic E-state index is 11.3. The molecule has 4 heteroatoms. The summed E-state index contributed by atoms with van der Waals surface area (Å²) >= 11 is 0. The Bertz CT molecular complexity index is 162. The van der Waals surface area contributed by atoms with Crippen LogP contribution < -0.4 is 10.6 Å². The van der Waals surface area contributed by atoms with Crippen LogP contribution in [0.4, 0.5) is 0 Å². The fourth-order valence-corrected chi connectivity index (χ4v) is 1.01. The lowest BCUT2D eigenvalue weighted by atomic mass is 10.1.